The summed E-state index contributed by atoms with van der Waals surface area (Å²) in [6.45, 7) is 2.68. The van der Waals surface area contributed by atoms with Gasteiger partial charge in [0.2, 0.25) is 0 Å². The molecule has 0 saturated heterocycles. The second kappa shape index (κ2) is 7.39. The molecule has 0 amide bonds. The molecule has 0 saturated carbocycles. The first-order valence-corrected chi connectivity index (χ1v) is 8.63. The van der Waals surface area contributed by atoms with Crippen molar-refractivity contribution in [1.29, 1.82) is 5.26 Å². The molecule has 0 aliphatic rings. The number of aromatic nitrogens is 2. The molecule has 122 valence electrons. The number of nitriles is 1. The second-order valence-corrected chi connectivity index (χ2v) is 6.50. The van der Waals surface area contributed by atoms with Crippen molar-refractivity contribution in [2.24, 2.45) is 0 Å². The van der Waals surface area contributed by atoms with Gasteiger partial charge in [-0.05, 0) is 24.5 Å². The number of benzene rings is 1. The number of nitrogens with zero attached hydrogens (tertiary/aromatic N) is 3. The molecule has 1 aromatic carbocycles. The second-order valence-electron chi connectivity index (χ2n) is 5.50. The quantitative estimate of drug-likeness (QED) is 0.674. The maximum atomic E-state index is 9.29. The van der Waals surface area contributed by atoms with Crippen molar-refractivity contribution in [2.75, 3.05) is 18.5 Å². The summed E-state index contributed by atoms with van der Waals surface area (Å²) in [6.07, 6.45) is 1.29. The molecule has 3 aromatic rings. The maximum absolute atomic E-state index is 9.29. The van der Waals surface area contributed by atoms with E-state index in [0.717, 1.165) is 33.0 Å². The van der Waals surface area contributed by atoms with Gasteiger partial charge in [-0.25, -0.2) is 9.97 Å². The van der Waals surface area contributed by atoms with Gasteiger partial charge < -0.3 is 10.4 Å². The third-order valence-corrected chi connectivity index (χ3v) is 4.86. The molecule has 2 aromatic heterocycles. The van der Waals surface area contributed by atoms with E-state index >= 15 is 0 Å². The molecule has 0 radical (unpaired) electrons. The van der Waals surface area contributed by atoms with E-state index in [1.807, 2.05) is 37.3 Å². The van der Waals surface area contributed by atoms with Crippen LogP contribution in [0.5, 0.6) is 0 Å². The third-order valence-electron chi connectivity index (χ3n) is 3.77. The Bertz CT molecular complexity index is 883. The third kappa shape index (κ3) is 3.37. The van der Waals surface area contributed by atoms with Gasteiger partial charge >= 0.3 is 0 Å². The van der Waals surface area contributed by atoms with Crippen molar-refractivity contribution in [2.45, 2.75) is 19.8 Å². The molecule has 2 N–H and O–H groups in total. The highest BCUT2D eigenvalue weighted by Gasteiger charge is 2.16. The predicted molar refractivity (Wildman–Crippen MR) is 96.3 cm³/mol. The highest BCUT2D eigenvalue weighted by atomic mass is 32.1. The van der Waals surface area contributed by atoms with Crippen molar-refractivity contribution in [3.05, 3.63) is 52.2 Å². The van der Waals surface area contributed by atoms with Crippen LogP contribution < -0.4 is 5.32 Å². The Hall–Kier alpha value is -2.49. The lowest BCUT2D eigenvalue weighted by molar-refractivity contribution is 0.292. The van der Waals surface area contributed by atoms with Gasteiger partial charge in [0.1, 0.15) is 27.4 Å². The van der Waals surface area contributed by atoms with Gasteiger partial charge in [-0.3, -0.25) is 0 Å². The summed E-state index contributed by atoms with van der Waals surface area (Å²) < 4.78 is 0. The highest BCUT2D eigenvalue weighted by molar-refractivity contribution is 7.19. The molecule has 0 unspecified atom stereocenters. The summed E-state index contributed by atoms with van der Waals surface area (Å²) in [5.74, 6) is 1.47. The Morgan fingerprint density at radius 3 is 2.75 bits per heavy atom. The van der Waals surface area contributed by atoms with E-state index in [-0.39, 0.29) is 6.61 Å². The Labute approximate surface area is 144 Å². The van der Waals surface area contributed by atoms with E-state index in [4.69, 9.17) is 5.11 Å². The van der Waals surface area contributed by atoms with Gasteiger partial charge in [-0.1, -0.05) is 30.3 Å². The minimum absolute atomic E-state index is 0.129. The average molecular weight is 338 g/mol. The number of rotatable bonds is 6. The first-order valence-electron chi connectivity index (χ1n) is 7.81. The van der Waals surface area contributed by atoms with Gasteiger partial charge in [-0.2, -0.15) is 5.26 Å². The number of aryl methyl sites for hydroxylation is 1. The van der Waals surface area contributed by atoms with Crippen LogP contribution in [0, 0.1) is 18.3 Å². The first-order chi connectivity index (χ1) is 11.7. The standard InChI is InChI=1S/C18H18N4OS/c1-12-14(11-19)24-18-16(12)17(20-8-5-9-23)21-15(22-18)10-13-6-3-2-4-7-13/h2-4,6-7,23H,5,8-10H2,1H3,(H,20,21,22). The Balaban J connectivity index is 2.03. The van der Waals surface area contributed by atoms with Gasteiger partial charge in [0.05, 0.1) is 5.39 Å². The number of aliphatic hydroxyl groups is 1. The number of hydrogen-bond donors (Lipinski definition) is 2. The highest BCUT2D eigenvalue weighted by Crippen LogP contribution is 2.33. The van der Waals surface area contributed by atoms with E-state index in [2.05, 4.69) is 21.4 Å². The molecular formula is C18H18N4OS. The molecule has 2 heterocycles. The molecule has 0 atom stereocenters. The molecule has 0 aliphatic carbocycles. The monoisotopic (exact) mass is 338 g/mol. The van der Waals surface area contributed by atoms with Crippen LogP contribution in [-0.2, 0) is 6.42 Å². The zero-order valence-corrected chi connectivity index (χ0v) is 14.2. The van der Waals surface area contributed by atoms with Crippen LogP contribution in [0.2, 0.25) is 0 Å². The number of hydrogen-bond acceptors (Lipinski definition) is 6. The topological polar surface area (TPSA) is 81.8 Å². The molecule has 3 rings (SSSR count). The lowest BCUT2D eigenvalue weighted by atomic mass is 10.1. The first kappa shape index (κ1) is 16.4. The molecule has 0 aliphatic heterocycles. The number of thiophene rings is 1. The predicted octanol–water partition coefficient (Wildman–Crippen LogP) is 3.26. The van der Waals surface area contributed by atoms with Crippen LogP contribution >= 0.6 is 11.3 Å². The maximum Gasteiger partial charge on any atom is 0.138 e. The van der Waals surface area contributed by atoms with E-state index < -0.39 is 0 Å². The van der Waals surface area contributed by atoms with E-state index in [0.29, 0.717) is 24.3 Å². The van der Waals surface area contributed by atoms with Crippen molar-refractivity contribution < 1.29 is 5.11 Å². The molecule has 6 heteroatoms. The van der Waals surface area contributed by atoms with Crippen molar-refractivity contribution in [3.63, 3.8) is 0 Å². The molecule has 0 fully saturated rings. The Morgan fingerprint density at radius 1 is 1.25 bits per heavy atom. The largest absolute Gasteiger partial charge is 0.396 e. The lowest BCUT2D eigenvalue weighted by Gasteiger charge is -2.09. The zero-order valence-electron chi connectivity index (χ0n) is 13.4. The summed E-state index contributed by atoms with van der Waals surface area (Å²) in [7, 11) is 0. The summed E-state index contributed by atoms with van der Waals surface area (Å²) in [6, 6.07) is 12.3. The molecule has 0 bridgehead atoms. The van der Waals surface area contributed by atoms with Crippen LogP contribution in [0.1, 0.15) is 28.2 Å². The van der Waals surface area contributed by atoms with Crippen molar-refractivity contribution in [3.8, 4) is 6.07 Å². The number of nitrogens with one attached hydrogen (secondary N) is 1. The SMILES string of the molecule is Cc1c(C#N)sc2nc(Cc3ccccc3)nc(NCCCO)c12. The van der Waals surface area contributed by atoms with Gasteiger partial charge in [0, 0.05) is 19.6 Å². The fraction of sp³-hybridized carbons (Fsp3) is 0.278. The van der Waals surface area contributed by atoms with Crippen LogP contribution in [-0.4, -0.2) is 28.2 Å². The number of aliphatic hydroxyl groups excluding tert-OH is 1. The van der Waals surface area contributed by atoms with E-state index in [1.165, 1.54) is 11.3 Å². The molecule has 24 heavy (non-hydrogen) atoms. The zero-order chi connectivity index (χ0) is 16.9. The fourth-order valence-corrected chi connectivity index (χ4v) is 3.56. The van der Waals surface area contributed by atoms with Crippen molar-refractivity contribution >= 4 is 27.4 Å². The van der Waals surface area contributed by atoms with Gasteiger partial charge in [-0.15, -0.1) is 11.3 Å². The Kier molecular flexibility index (Phi) is 5.04. The molecule has 0 spiro atoms. The molecule has 5 nitrogen and oxygen atoms in total. The fourth-order valence-electron chi connectivity index (χ4n) is 2.56. The average Bonchev–Trinajstić information content (AvgIpc) is 2.92. The van der Waals surface area contributed by atoms with Crippen LogP contribution in [0.15, 0.2) is 30.3 Å². The van der Waals surface area contributed by atoms with Gasteiger partial charge in [0.15, 0.2) is 0 Å². The minimum atomic E-state index is 0.129. The molecular weight excluding hydrogens is 320 g/mol. The summed E-state index contributed by atoms with van der Waals surface area (Å²) in [5, 5.41) is 22.5. The normalized spacial score (nSPS) is 10.7. The van der Waals surface area contributed by atoms with Crippen LogP contribution in [0.3, 0.4) is 0 Å². The summed E-state index contributed by atoms with van der Waals surface area (Å²) >= 11 is 1.40. The number of fused-ring (bicyclic) bond motifs is 1. The summed E-state index contributed by atoms with van der Waals surface area (Å²) in [4.78, 5) is 10.8. The minimum Gasteiger partial charge on any atom is -0.396 e. The van der Waals surface area contributed by atoms with Crippen LogP contribution in [0.25, 0.3) is 10.2 Å². The van der Waals surface area contributed by atoms with Crippen LogP contribution in [0.4, 0.5) is 5.82 Å². The summed E-state index contributed by atoms with van der Waals surface area (Å²) in [5.41, 5.74) is 2.06. The smallest absolute Gasteiger partial charge is 0.138 e. The lowest BCUT2D eigenvalue weighted by Crippen LogP contribution is -2.08. The number of anilines is 1. The van der Waals surface area contributed by atoms with Gasteiger partial charge in [0.25, 0.3) is 0 Å². The Morgan fingerprint density at radius 2 is 2.04 bits per heavy atom. The van der Waals surface area contributed by atoms with E-state index in [9.17, 15) is 5.26 Å². The van der Waals surface area contributed by atoms with Crippen molar-refractivity contribution in [1.82, 2.24) is 9.97 Å². The van der Waals surface area contributed by atoms with E-state index in [1.54, 1.807) is 0 Å².